The second kappa shape index (κ2) is 13.3. The molecule has 0 fully saturated rings. The van der Waals surface area contributed by atoms with Gasteiger partial charge in [0, 0.05) is 53.2 Å². The predicted molar refractivity (Wildman–Crippen MR) is 233 cm³/mol. The van der Waals surface area contributed by atoms with Crippen molar-refractivity contribution in [3.05, 3.63) is 188 Å². The Hall–Kier alpha value is -7.21. The zero-order valence-electron chi connectivity index (χ0n) is 30.1. The molecule has 262 valence electrons. The minimum absolute atomic E-state index is 0.565. The maximum Gasteiger partial charge on any atom is 0.167 e. The lowest BCUT2D eigenvalue weighted by atomic mass is 9.93. The quantitative estimate of drug-likeness (QED) is 0.171. The normalized spacial score (nSPS) is 11.6. The number of hydrogen-bond acceptors (Lipinski definition) is 5. The molecule has 0 atom stereocenters. The number of benzene rings is 8. The molecule has 0 spiro atoms. The Kier molecular flexibility index (Phi) is 7.64. The first-order valence-electron chi connectivity index (χ1n) is 18.7. The molecule has 8 aromatic carbocycles. The summed E-state index contributed by atoms with van der Waals surface area (Å²) in [5.74, 6) is 1.79. The highest BCUT2D eigenvalue weighted by molar-refractivity contribution is 7.26. The van der Waals surface area contributed by atoms with Gasteiger partial charge in [0.25, 0.3) is 0 Å². The van der Waals surface area contributed by atoms with E-state index in [1.807, 2.05) is 78.1 Å². The van der Waals surface area contributed by atoms with Crippen LogP contribution < -0.4 is 0 Å². The van der Waals surface area contributed by atoms with Gasteiger partial charge in [-0.1, -0.05) is 158 Å². The van der Waals surface area contributed by atoms with E-state index in [0.717, 1.165) is 49.8 Å². The second-order valence-corrected chi connectivity index (χ2v) is 15.0. The molecular formula is C51H31N3OS. The summed E-state index contributed by atoms with van der Waals surface area (Å²) >= 11 is 1.85. The van der Waals surface area contributed by atoms with Crippen molar-refractivity contribution in [3.8, 4) is 67.5 Å². The molecular weight excluding hydrogens is 703 g/mol. The number of nitrogens with zero attached hydrogens (tertiary/aromatic N) is 3. The van der Waals surface area contributed by atoms with Crippen LogP contribution >= 0.6 is 11.3 Å². The molecule has 0 aliphatic rings. The minimum atomic E-state index is 0.565. The average Bonchev–Trinajstić information content (AvgIpc) is 3.86. The summed E-state index contributed by atoms with van der Waals surface area (Å²) in [6.07, 6.45) is 0. The summed E-state index contributed by atoms with van der Waals surface area (Å²) in [4.78, 5) is 15.0. The Morgan fingerprint density at radius 3 is 1.54 bits per heavy atom. The van der Waals surface area contributed by atoms with Crippen molar-refractivity contribution in [2.75, 3.05) is 0 Å². The first-order chi connectivity index (χ1) is 27.7. The van der Waals surface area contributed by atoms with Gasteiger partial charge in [0.05, 0.1) is 5.56 Å². The van der Waals surface area contributed by atoms with Gasteiger partial charge in [0.15, 0.2) is 17.5 Å². The van der Waals surface area contributed by atoms with Gasteiger partial charge in [-0.15, -0.1) is 11.3 Å². The Morgan fingerprint density at radius 2 is 0.839 bits per heavy atom. The third kappa shape index (κ3) is 5.48. The fourth-order valence-electron chi connectivity index (χ4n) is 7.85. The van der Waals surface area contributed by atoms with Crippen LogP contribution in [0.4, 0.5) is 0 Å². The highest BCUT2D eigenvalue weighted by Gasteiger charge is 2.21. The molecule has 0 unspecified atom stereocenters. The Morgan fingerprint density at radius 1 is 0.321 bits per heavy atom. The van der Waals surface area contributed by atoms with Crippen LogP contribution in [0.15, 0.2) is 192 Å². The van der Waals surface area contributed by atoms with Crippen molar-refractivity contribution < 1.29 is 4.42 Å². The van der Waals surface area contributed by atoms with E-state index in [2.05, 4.69) is 121 Å². The standard InChI is InChI=1S/C51H31N3OS/c1-4-15-32(16-5-1)35-21-12-22-36(29-35)43-30-37(31-44-39-23-10-11-28-45(39)56-48(43)44)38-24-13-25-40-41-26-14-27-42(47(41)55-46(38)40)51-53-49(33-17-6-2-7-18-33)52-50(54-51)34-19-8-3-9-20-34/h1-31H. The number of hydrogen-bond donors (Lipinski definition) is 0. The fraction of sp³-hybridized carbons (Fsp3) is 0. The predicted octanol–water partition coefficient (Wildman–Crippen LogP) is 14.1. The van der Waals surface area contributed by atoms with Gasteiger partial charge >= 0.3 is 0 Å². The molecule has 0 bridgehead atoms. The fourth-order valence-corrected chi connectivity index (χ4v) is 9.07. The topological polar surface area (TPSA) is 51.8 Å². The van der Waals surface area contributed by atoms with E-state index >= 15 is 0 Å². The average molecular weight is 734 g/mol. The smallest absolute Gasteiger partial charge is 0.167 e. The zero-order valence-corrected chi connectivity index (χ0v) is 30.9. The first kappa shape index (κ1) is 32.2. The van der Waals surface area contributed by atoms with Crippen molar-refractivity contribution in [2.45, 2.75) is 0 Å². The maximum atomic E-state index is 7.02. The van der Waals surface area contributed by atoms with E-state index in [0.29, 0.717) is 17.5 Å². The van der Waals surface area contributed by atoms with E-state index in [-0.39, 0.29) is 0 Å². The summed E-state index contributed by atoms with van der Waals surface area (Å²) in [6, 6.07) is 65.7. The molecule has 0 saturated carbocycles. The number of para-hydroxylation sites is 2. The van der Waals surface area contributed by atoms with Crippen molar-refractivity contribution in [1.29, 1.82) is 0 Å². The number of aromatic nitrogens is 3. The zero-order chi connectivity index (χ0) is 37.0. The van der Waals surface area contributed by atoms with Crippen LogP contribution in [0.1, 0.15) is 0 Å². The molecule has 0 radical (unpaired) electrons. The highest BCUT2D eigenvalue weighted by atomic mass is 32.1. The molecule has 0 saturated heterocycles. The minimum Gasteiger partial charge on any atom is -0.455 e. The van der Waals surface area contributed by atoms with Crippen LogP contribution in [0.3, 0.4) is 0 Å². The number of rotatable bonds is 6. The largest absolute Gasteiger partial charge is 0.455 e. The lowest BCUT2D eigenvalue weighted by molar-refractivity contribution is 0.670. The maximum absolute atomic E-state index is 7.02. The van der Waals surface area contributed by atoms with Crippen molar-refractivity contribution in [2.24, 2.45) is 0 Å². The molecule has 0 aliphatic heterocycles. The summed E-state index contributed by atoms with van der Waals surface area (Å²) in [5, 5.41) is 4.55. The Labute approximate surface area is 327 Å². The van der Waals surface area contributed by atoms with Crippen LogP contribution in [0.5, 0.6) is 0 Å². The molecule has 11 aromatic rings. The summed E-state index contributed by atoms with van der Waals surface area (Å²) in [7, 11) is 0. The van der Waals surface area contributed by atoms with E-state index in [1.165, 1.54) is 42.4 Å². The monoisotopic (exact) mass is 733 g/mol. The molecule has 56 heavy (non-hydrogen) atoms. The van der Waals surface area contributed by atoms with E-state index in [4.69, 9.17) is 19.4 Å². The Bertz CT molecular complexity index is 3180. The molecule has 0 aliphatic carbocycles. The summed E-state index contributed by atoms with van der Waals surface area (Å²) in [5.41, 5.74) is 11.2. The van der Waals surface area contributed by atoms with Gasteiger partial charge in [0.1, 0.15) is 11.2 Å². The van der Waals surface area contributed by atoms with E-state index in [1.54, 1.807) is 0 Å². The molecule has 0 N–H and O–H groups in total. The van der Waals surface area contributed by atoms with Crippen molar-refractivity contribution >= 4 is 53.4 Å². The lowest BCUT2D eigenvalue weighted by Crippen LogP contribution is -2.00. The summed E-state index contributed by atoms with van der Waals surface area (Å²) < 4.78 is 9.57. The van der Waals surface area contributed by atoms with Crippen LogP contribution in [0, 0.1) is 0 Å². The molecule has 5 heteroatoms. The van der Waals surface area contributed by atoms with Gasteiger partial charge in [-0.25, -0.2) is 15.0 Å². The first-order valence-corrected chi connectivity index (χ1v) is 19.5. The molecule has 3 aromatic heterocycles. The summed E-state index contributed by atoms with van der Waals surface area (Å²) in [6.45, 7) is 0. The highest BCUT2D eigenvalue weighted by Crippen LogP contribution is 2.46. The second-order valence-electron chi connectivity index (χ2n) is 14.0. The third-order valence-electron chi connectivity index (χ3n) is 10.5. The SMILES string of the molecule is c1ccc(-c2cccc(-c3cc(-c4cccc5c4oc4c(-c6nc(-c7ccccc7)nc(-c7ccccc7)n6)cccc45)cc4c3sc3ccccc34)c2)cc1. The van der Waals surface area contributed by atoms with E-state index in [9.17, 15) is 0 Å². The molecule has 3 heterocycles. The molecule has 0 amide bonds. The van der Waals surface area contributed by atoms with Crippen LogP contribution in [-0.2, 0) is 0 Å². The van der Waals surface area contributed by atoms with Gasteiger partial charge in [-0.3, -0.25) is 0 Å². The van der Waals surface area contributed by atoms with Crippen LogP contribution in [-0.4, -0.2) is 15.0 Å². The molecule has 4 nitrogen and oxygen atoms in total. The number of fused-ring (bicyclic) bond motifs is 6. The van der Waals surface area contributed by atoms with Crippen LogP contribution in [0.25, 0.3) is 110 Å². The van der Waals surface area contributed by atoms with Gasteiger partial charge < -0.3 is 4.42 Å². The number of thiophene rings is 1. The third-order valence-corrected chi connectivity index (χ3v) is 11.8. The van der Waals surface area contributed by atoms with Gasteiger partial charge in [-0.05, 0) is 52.6 Å². The van der Waals surface area contributed by atoms with Crippen molar-refractivity contribution in [1.82, 2.24) is 15.0 Å². The van der Waals surface area contributed by atoms with Crippen LogP contribution in [0.2, 0.25) is 0 Å². The molecule has 11 rings (SSSR count). The van der Waals surface area contributed by atoms with E-state index < -0.39 is 0 Å². The van der Waals surface area contributed by atoms with Crippen molar-refractivity contribution in [3.63, 3.8) is 0 Å². The van der Waals surface area contributed by atoms with Gasteiger partial charge in [0.2, 0.25) is 0 Å². The lowest BCUT2D eigenvalue weighted by Gasteiger charge is -2.11. The number of furan rings is 1. The Balaban J connectivity index is 1.13. The van der Waals surface area contributed by atoms with Gasteiger partial charge in [-0.2, -0.15) is 0 Å².